The van der Waals surface area contributed by atoms with Gasteiger partial charge in [-0.05, 0) is 31.2 Å². The summed E-state index contributed by atoms with van der Waals surface area (Å²) in [6.07, 6.45) is 1.29. The number of hydrogen-bond acceptors (Lipinski definition) is 2. The van der Waals surface area contributed by atoms with Crippen molar-refractivity contribution in [2.24, 2.45) is 0 Å². The third-order valence-electron chi connectivity index (χ3n) is 2.47. The Bertz CT molecular complexity index is 311. The fraction of sp³-hybridized carbons (Fsp3) is 0.462. The number of carbonyl (C=O) groups excluding carboxylic acids is 1. The Hall–Kier alpha value is -1.38. The molecule has 88 valence electrons. The molecule has 0 aromatic heterocycles. The summed E-state index contributed by atoms with van der Waals surface area (Å²) in [6.45, 7) is 0. The molecule has 0 aliphatic carbocycles. The third-order valence-corrected chi connectivity index (χ3v) is 2.47. The molecular weight excluding hydrogens is 207 g/mol. The van der Waals surface area contributed by atoms with Crippen molar-refractivity contribution in [1.82, 2.24) is 0 Å². The monoisotopic (exact) mass is 224 g/mol. The number of alkyl halides is 1. The van der Waals surface area contributed by atoms with E-state index in [-0.39, 0.29) is 6.42 Å². The van der Waals surface area contributed by atoms with Crippen LogP contribution >= 0.6 is 0 Å². The van der Waals surface area contributed by atoms with Crippen molar-refractivity contribution in [3.63, 3.8) is 0 Å². The second kappa shape index (κ2) is 6.99. The normalized spacial score (nSPS) is 12.1. The van der Waals surface area contributed by atoms with Gasteiger partial charge >= 0.3 is 5.97 Å². The first-order valence-corrected chi connectivity index (χ1v) is 5.50. The molecule has 0 fully saturated rings. The lowest BCUT2D eigenvalue weighted by Gasteiger charge is -2.05. The van der Waals surface area contributed by atoms with Crippen molar-refractivity contribution >= 4 is 5.97 Å². The molecule has 0 aliphatic heterocycles. The van der Waals surface area contributed by atoms with Crippen LogP contribution in [0.3, 0.4) is 0 Å². The average Bonchev–Trinajstić information content (AvgIpc) is 2.34. The fourth-order valence-corrected chi connectivity index (χ4v) is 1.54. The van der Waals surface area contributed by atoms with E-state index in [1.165, 1.54) is 12.7 Å². The maximum Gasteiger partial charge on any atom is 0.340 e. The number of halogens is 1. The van der Waals surface area contributed by atoms with Crippen molar-refractivity contribution < 1.29 is 13.9 Å². The van der Waals surface area contributed by atoms with Gasteiger partial charge < -0.3 is 4.74 Å². The Labute approximate surface area is 95.4 Å². The number of aryl methyl sites for hydroxylation is 1. The smallest absolute Gasteiger partial charge is 0.340 e. The van der Waals surface area contributed by atoms with E-state index in [1.54, 1.807) is 0 Å². The van der Waals surface area contributed by atoms with Gasteiger partial charge in [0.2, 0.25) is 0 Å². The highest BCUT2D eigenvalue weighted by Gasteiger charge is 2.16. The lowest BCUT2D eigenvalue weighted by Crippen LogP contribution is -2.16. The summed E-state index contributed by atoms with van der Waals surface area (Å²) in [5, 5.41) is 0. The van der Waals surface area contributed by atoms with Gasteiger partial charge in [0.25, 0.3) is 0 Å². The maximum absolute atomic E-state index is 13.0. The molecule has 0 bridgehead atoms. The molecule has 3 heteroatoms. The molecule has 1 aromatic rings. The minimum Gasteiger partial charge on any atom is -0.467 e. The summed E-state index contributed by atoms with van der Waals surface area (Å²) in [5.41, 5.74) is 1.25. The zero-order chi connectivity index (χ0) is 11.8. The Morgan fingerprint density at radius 3 is 2.62 bits per heavy atom. The number of rotatable bonds is 6. The van der Waals surface area contributed by atoms with Crippen molar-refractivity contribution in [3.05, 3.63) is 35.9 Å². The molecule has 0 saturated carbocycles. The van der Waals surface area contributed by atoms with E-state index >= 15 is 0 Å². The number of esters is 1. The first-order valence-electron chi connectivity index (χ1n) is 5.50. The zero-order valence-corrected chi connectivity index (χ0v) is 9.49. The van der Waals surface area contributed by atoms with E-state index in [0.29, 0.717) is 6.42 Å². The van der Waals surface area contributed by atoms with Crippen molar-refractivity contribution in [1.29, 1.82) is 0 Å². The van der Waals surface area contributed by atoms with E-state index in [1.807, 2.05) is 30.3 Å². The summed E-state index contributed by atoms with van der Waals surface area (Å²) in [5.74, 6) is -0.764. The van der Waals surface area contributed by atoms with Crippen LogP contribution in [0.1, 0.15) is 24.8 Å². The van der Waals surface area contributed by atoms with Gasteiger partial charge in [0.1, 0.15) is 0 Å². The van der Waals surface area contributed by atoms with E-state index in [9.17, 15) is 9.18 Å². The first-order chi connectivity index (χ1) is 7.74. The van der Waals surface area contributed by atoms with Crippen LogP contribution < -0.4 is 0 Å². The Morgan fingerprint density at radius 1 is 1.31 bits per heavy atom. The molecule has 1 rings (SSSR count). The highest BCUT2D eigenvalue weighted by molar-refractivity contribution is 5.74. The van der Waals surface area contributed by atoms with Gasteiger partial charge in [-0.25, -0.2) is 9.18 Å². The summed E-state index contributed by atoms with van der Waals surface area (Å²) < 4.78 is 17.4. The van der Waals surface area contributed by atoms with Gasteiger partial charge in [0, 0.05) is 0 Å². The summed E-state index contributed by atoms with van der Waals surface area (Å²) >= 11 is 0. The molecule has 0 spiro atoms. The number of benzene rings is 1. The van der Waals surface area contributed by atoms with Crippen LogP contribution in [0, 0.1) is 0 Å². The number of methoxy groups -OCH3 is 1. The van der Waals surface area contributed by atoms with Gasteiger partial charge in [-0.15, -0.1) is 0 Å². The Morgan fingerprint density at radius 2 is 2.00 bits per heavy atom. The topological polar surface area (TPSA) is 26.3 Å². The number of unbranched alkanes of at least 4 members (excludes halogenated alkanes) is 1. The van der Waals surface area contributed by atoms with E-state index in [4.69, 9.17) is 0 Å². The van der Waals surface area contributed by atoms with Gasteiger partial charge in [-0.1, -0.05) is 30.3 Å². The van der Waals surface area contributed by atoms with E-state index in [2.05, 4.69) is 4.74 Å². The lowest BCUT2D eigenvalue weighted by atomic mass is 10.1. The van der Waals surface area contributed by atoms with Crippen LogP contribution in [0.4, 0.5) is 4.39 Å². The summed E-state index contributed by atoms with van der Waals surface area (Å²) in [6, 6.07) is 10.0. The molecule has 2 nitrogen and oxygen atoms in total. The minimum atomic E-state index is -1.47. The number of carbonyl (C=O) groups is 1. The molecule has 1 unspecified atom stereocenters. The SMILES string of the molecule is COC(=O)C(F)CCCCc1ccccc1. The van der Waals surface area contributed by atoms with Gasteiger partial charge in [-0.2, -0.15) is 0 Å². The standard InChI is InChI=1S/C13H17FO2/c1-16-13(15)12(14)10-6-5-9-11-7-3-2-4-8-11/h2-4,7-8,12H,5-6,9-10H2,1H3. The molecule has 0 heterocycles. The quantitative estimate of drug-likeness (QED) is 0.548. The van der Waals surface area contributed by atoms with Crippen LogP contribution in [-0.2, 0) is 16.0 Å². The second-order valence-corrected chi connectivity index (χ2v) is 3.72. The molecular formula is C13H17FO2. The van der Waals surface area contributed by atoms with Crippen LogP contribution in [0.25, 0.3) is 0 Å². The molecule has 16 heavy (non-hydrogen) atoms. The second-order valence-electron chi connectivity index (χ2n) is 3.72. The highest BCUT2D eigenvalue weighted by atomic mass is 19.1. The average molecular weight is 224 g/mol. The summed E-state index contributed by atoms with van der Waals surface area (Å²) in [7, 11) is 1.21. The van der Waals surface area contributed by atoms with Crippen LogP contribution in [0.2, 0.25) is 0 Å². The van der Waals surface area contributed by atoms with Crippen molar-refractivity contribution in [3.8, 4) is 0 Å². The first kappa shape index (κ1) is 12.7. The fourth-order valence-electron chi connectivity index (χ4n) is 1.54. The number of hydrogen-bond donors (Lipinski definition) is 0. The van der Waals surface area contributed by atoms with E-state index < -0.39 is 12.1 Å². The third kappa shape index (κ3) is 4.43. The van der Waals surface area contributed by atoms with Crippen LogP contribution in [0.15, 0.2) is 30.3 Å². The molecule has 0 N–H and O–H groups in total. The molecule has 0 saturated heterocycles. The van der Waals surface area contributed by atoms with Gasteiger partial charge in [0.15, 0.2) is 6.17 Å². The minimum absolute atomic E-state index is 0.250. The predicted octanol–water partition coefficient (Wildman–Crippen LogP) is 2.91. The predicted molar refractivity (Wildman–Crippen MR) is 60.9 cm³/mol. The van der Waals surface area contributed by atoms with Crippen molar-refractivity contribution in [2.75, 3.05) is 7.11 Å². The molecule has 0 amide bonds. The van der Waals surface area contributed by atoms with Gasteiger partial charge in [-0.3, -0.25) is 0 Å². The molecule has 0 radical (unpaired) electrons. The largest absolute Gasteiger partial charge is 0.467 e. The zero-order valence-electron chi connectivity index (χ0n) is 9.49. The number of ether oxygens (including phenoxy) is 1. The maximum atomic E-state index is 13.0. The van der Waals surface area contributed by atoms with Crippen molar-refractivity contribution in [2.45, 2.75) is 31.9 Å². The molecule has 1 aromatic carbocycles. The highest BCUT2D eigenvalue weighted by Crippen LogP contribution is 2.10. The van der Waals surface area contributed by atoms with Crippen LogP contribution in [0.5, 0.6) is 0 Å². The Kier molecular flexibility index (Phi) is 5.54. The van der Waals surface area contributed by atoms with E-state index in [0.717, 1.165) is 12.8 Å². The van der Waals surface area contributed by atoms with Crippen LogP contribution in [-0.4, -0.2) is 19.3 Å². The summed E-state index contributed by atoms with van der Waals surface area (Å²) in [4.78, 5) is 10.8. The van der Waals surface area contributed by atoms with Gasteiger partial charge in [0.05, 0.1) is 7.11 Å². The Balaban J connectivity index is 2.15. The molecule has 0 aliphatic rings. The molecule has 1 atom stereocenters. The lowest BCUT2D eigenvalue weighted by molar-refractivity contribution is -0.146.